The number of fused-ring (bicyclic) bond motifs is 1. The largest absolute Gasteiger partial charge is 0.497 e. The molecule has 0 atom stereocenters. The number of H-pyrrole nitrogens is 1. The zero-order valence-corrected chi connectivity index (χ0v) is 13.5. The van der Waals surface area contributed by atoms with Gasteiger partial charge in [0.2, 0.25) is 5.95 Å². The molecule has 1 aliphatic rings. The van der Waals surface area contributed by atoms with E-state index in [9.17, 15) is 0 Å². The molecule has 1 aliphatic heterocycles. The number of rotatable bonds is 3. The number of aromatic nitrogens is 4. The summed E-state index contributed by atoms with van der Waals surface area (Å²) in [7, 11) is 3.71. The van der Waals surface area contributed by atoms with Crippen molar-refractivity contribution in [3.8, 4) is 17.3 Å². The van der Waals surface area contributed by atoms with Crippen molar-refractivity contribution in [2.75, 3.05) is 25.1 Å². The van der Waals surface area contributed by atoms with E-state index in [1.54, 1.807) is 7.11 Å². The first-order valence-corrected chi connectivity index (χ1v) is 8.08. The molecule has 0 saturated carbocycles. The molecular weight excluding hydrogens is 290 g/mol. The van der Waals surface area contributed by atoms with Gasteiger partial charge in [-0.2, -0.15) is 0 Å². The van der Waals surface area contributed by atoms with Gasteiger partial charge in [0.15, 0.2) is 5.82 Å². The molecule has 0 spiro atoms. The van der Waals surface area contributed by atoms with Crippen molar-refractivity contribution in [3.63, 3.8) is 0 Å². The van der Waals surface area contributed by atoms with Crippen molar-refractivity contribution < 1.29 is 4.74 Å². The smallest absolute Gasteiger partial charge is 0.227 e. The molecule has 0 amide bonds. The summed E-state index contributed by atoms with van der Waals surface area (Å²) < 4.78 is 7.36. The number of methoxy groups -OCH3 is 1. The fraction of sp³-hybridized carbons (Fsp3) is 0.412. The van der Waals surface area contributed by atoms with Gasteiger partial charge in [0.05, 0.1) is 12.8 Å². The first kappa shape index (κ1) is 14.1. The molecular formula is C17H21N5O. The third kappa shape index (κ3) is 2.44. The van der Waals surface area contributed by atoms with E-state index in [0.29, 0.717) is 0 Å². The van der Waals surface area contributed by atoms with E-state index in [2.05, 4.69) is 36.8 Å². The summed E-state index contributed by atoms with van der Waals surface area (Å²) in [6.07, 6.45) is 3.77. The van der Waals surface area contributed by atoms with Gasteiger partial charge in [-0.1, -0.05) is 0 Å². The normalized spacial score (nSPS) is 15.3. The lowest BCUT2D eigenvalue weighted by atomic mass is 10.1. The van der Waals surface area contributed by atoms with Crippen LogP contribution in [-0.2, 0) is 7.05 Å². The highest BCUT2D eigenvalue weighted by molar-refractivity contribution is 5.86. The van der Waals surface area contributed by atoms with E-state index in [1.165, 1.54) is 19.3 Å². The Kier molecular flexibility index (Phi) is 3.44. The number of nitrogens with zero attached hydrogens (tertiary/aromatic N) is 4. The average Bonchev–Trinajstić information content (AvgIpc) is 3.17. The molecule has 6 heteroatoms. The molecule has 23 heavy (non-hydrogen) atoms. The number of anilines is 1. The molecule has 0 bridgehead atoms. The Labute approximate surface area is 135 Å². The lowest BCUT2D eigenvalue weighted by Crippen LogP contribution is -2.31. The van der Waals surface area contributed by atoms with Crippen LogP contribution in [0, 0.1) is 0 Å². The summed E-state index contributed by atoms with van der Waals surface area (Å²) in [4.78, 5) is 5.75. The van der Waals surface area contributed by atoms with Gasteiger partial charge in [-0.05, 0) is 37.5 Å². The Morgan fingerprint density at radius 3 is 2.70 bits per heavy atom. The molecule has 4 rings (SSSR count). The summed E-state index contributed by atoms with van der Waals surface area (Å²) in [6.45, 7) is 2.13. The lowest BCUT2D eigenvalue weighted by molar-refractivity contribution is 0.415. The Hall–Kier alpha value is -2.50. The summed E-state index contributed by atoms with van der Waals surface area (Å²) in [6, 6.07) is 8.13. The Balaban J connectivity index is 1.71. The number of nitrogens with one attached hydrogen (secondary N) is 1. The van der Waals surface area contributed by atoms with Gasteiger partial charge in [0, 0.05) is 37.1 Å². The predicted molar refractivity (Wildman–Crippen MR) is 90.9 cm³/mol. The van der Waals surface area contributed by atoms with Crippen LogP contribution < -0.4 is 9.64 Å². The zero-order valence-electron chi connectivity index (χ0n) is 13.5. The molecule has 1 fully saturated rings. The summed E-state index contributed by atoms with van der Waals surface area (Å²) >= 11 is 0. The molecule has 1 saturated heterocycles. The maximum atomic E-state index is 5.28. The van der Waals surface area contributed by atoms with Crippen molar-refractivity contribution in [3.05, 3.63) is 24.3 Å². The van der Waals surface area contributed by atoms with Gasteiger partial charge in [-0.25, -0.2) is 0 Å². The third-order valence-corrected chi connectivity index (χ3v) is 4.56. The molecule has 2 aromatic heterocycles. The van der Waals surface area contributed by atoms with Crippen molar-refractivity contribution in [2.45, 2.75) is 19.3 Å². The van der Waals surface area contributed by atoms with Gasteiger partial charge >= 0.3 is 0 Å². The van der Waals surface area contributed by atoms with Gasteiger partial charge in [-0.15, -0.1) is 10.2 Å². The molecule has 120 valence electrons. The SMILES string of the molecule is COc1ccc2cc(-c3nnc(N4CCCCC4)n3C)[nH]c2c1. The van der Waals surface area contributed by atoms with Crippen molar-refractivity contribution in [1.82, 2.24) is 19.7 Å². The van der Waals surface area contributed by atoms with E-state index in [0.717, 1.165) is 47.2 Å². The van der Waals surface area contributed by atoms with Gasteiger partial charge in [0.1, 0.15) is 5.75 Å². The molecule has 1 aromatic carbocycles. The van der Waals surface area contributed by atoms with E-state index >= 15 is 0 Å². The van der Waals surface area contributed by atoms with Crippen molar-refractivity contribution in [1.29, 1.82) is 0 Å². The van der Waals surface area contributed by atoms with Crippen LogP contribution in [0.5, 0.6) is 5.75 Å². The van der Waals surface area contributed by atoms with Crippen molar-refractivity contribution >= 4 is 16.9 Å². The Bertz CT molecular complexity index is 829. The molecule has 0 unspecified atom stereocenters. The highest BCUT2D eigenvalue weighted by Crippen LogP contribution is 2.28. The summed E-state index contributed by atoms with van der Waals surface area (Å²) in [5.74, 6) is 2.66. The highest BCUT2D eigenvalue weighted by Gasteiger charge is 2.19. The van der Waals surface area contributed by atoms with E-state index in [1.807, 2.05) is 19.2 Å². The van der Waals surface area contributed by atoms with Crippen LogP contribution >= 0.6 is 0 Å². The summed E-state index contributed by atoms with van der Waals surface area (Å²) in [5, 5.41) is 9.96. The molecule has 0 radical (unpaired) electrons. The van der Waals surface area contributed by atoms with E-state index < -0.39 is 0 Å². The number of hydrogen-bond acceptors (Lipinski definition) is 4. The Morgan fingerprint density at radius 1 is 1.09 bits per heavy atom. The van der Waals surface area contributed by atoms with Gasteiger partial charge < -0.3 is 14.6 Å². The number of hydrogen-bond donors (Lipinski definition) is 1. The topological polar surface area (TPSA) is 59.0 Å². The second-order valence-corrected chi connectivity index (χ2v) is 6.07. The summed E-state index contributed by atoms with van der Waals surface area (Å²) in [5.41, 5.74) is 2.02. The maximum absolute atomic E-state index is 5.28. The molecule has 3 heterocycles. The van der Waals surface area contributed by atoms with Crippen LogP contribution in [0.15, 0.2) is 24.3 Å². The fourth-order valence-electron chi connectivity index (χ4n) is 3.28. The van der Waals surface area contributed by atoms with Crippen LogP contribution in [0.4, 0.5) is 5.95 Å². The van der Waals surface area contributed by atoms with Gasteiger partial charge in [-0.3, -0.25) is 4.57 Å². The minimum Gasteiger partial charge on any atom is -0.497 e. The zero-order chi connectivity index (χ0) is 15.8. The minimum absolute atomic E-state index is 0.845. The first-order valence-electron chi connectivity index (χ1n) is 8.08. The number of ether oxygens (including phenoxy) is 1. The van der Waals surface area contributed by atoms with E-state index in [4.69, 9.17) is 4.74 Å². The second-order valence-electron chi connectivity index (χ2n) is 6.07. The number of aromatic amines is 1. The second kappa shape index (κ2) is 5.61. The number of piperidine rings is 1. The third-order valence-electron chi connectivity index (χ3n) is 4.56. The monoisotopic (exact) mass is 311 g/mol. The molecule has 6 nitrogen and oxygen atoms in total. The predicted octanol–water partition coefficient (Wildman–Crippen LogP) is 2.96. The van der Waals surface area contributed by atoms with Gasteiger partial charge in [0.25, 0.3) is 0 Å². The standard InChI is InChI=1S/C17H21N5O/c1-21-16(19-20-17(21)22-8-4-3-5-9-22)15-10-12-6-7-13(23-2)11-14(12)18-15/h6-7,10-11,18H,3-5,8-9H2,1-2H3. The Morgan fingerprint density at radius 2 is 1.91 bits per heavy atom. The first-order chi connectivity index (χ1) is 11.3. The number of benzene rings is 1. The van der Waals surface area contributed by atoms with Crippen LogP contribution in [0.25, 0.3) is 22.4 Å². The van der Waals surface area contributed by atoms with Crippen LogP contribution in [0.2, 0.25) is 0 Å². The lowest BCUT2D eigenvalue weighted by Gasteiger charge is -2.26. The molecule has 1 N–H and O–H groups in total. The average molecular weight is 311 g/mol. The molecule has 3 aromatic rings. The van der Waals surface area contributed by atoms with Crippen LogP contribution in [0.1, 0.15) is 19.3 Å². The highest BCUT2D eigenvalue weighted by atomic mass is 16.5. The van der Waals surface area contributed by atoms with Crippen LogP contribution in [-0.4, -0.2) is 39.9 Å². The van der Waals surface area contributed by atoms with Crippen molar-refractivity contribution in [2.24, 2.45) is 7.05 Å². The minimum atomic E-state index is 0.845. The fourth-order valence-corrected chi connectivity index (χ4v) is 3.28. The maximum Gasteiger partial charge on any atom is 0.227 e. The molecule has 0 aliphatic carbocycles. The quantitative estimate of drug-likeness (QED) is 0.808. The van der Waals surface area contributed by atoms with E-state index in [-0.39, 0.29) is 0 Å². The van der Waals surface area contributed by atoms with Crippen LogP contribution in [0.3, 0.4) is 0 Å².